The standard InChI is InChI=1S/C24H27N5O3S/c1-16(18-8-6-10-25-15-18)26-22(31)17-7-5-9-19(13-17)27-21(30)14-20-23(32)28-24(33-20)29-11-3-2-4-12-29/h5-10,13,15-16,20H,2-4,11-12,14H2,1H3,(H,26,31)(H,27,30). The van der Waals surface area contributed by atoms with E-state index in [4.69, 9.17) is 0 Å². The summed E-state index contributed by atoms with van der Waals surface area (Å²) < 4.78 is 0. The van der Waals surface area contributed by atoms with Gasteiger partial charge in [0.05, 0.1) is 6.04 Å². The first kappa shape index (κ1) is 23.0. The molecule has 1 fully saturated rings. The molecular formula is C24H27N5O3S. The van der Waals surface area contributed by atoms with Gasteiger partial charge in [-0.3, -0.25) is 19.4 Å². The number of thioether (sulfide) groups is 1. The second-order valence-corrected chi connectivity index (χ2v) is 9.37. The number of benzene rings is 1. The molecule has 3 amide bonds. The smallest absolute Gasteiger partial charge is 0.262 e. The third-order valence-electron chi connectivity index (χ3n) is 5.67. The van der Waals surface area contributed by atoms with Gasteiger partial charge in [0.2, 0.25) is 5.91 Å². The number of carbonyl (C=O) groups is 3. The van der Waals surface area contributed by atoms with Crippen LogP contribution in [0.4, 0.5) is 5.69 Å². The number of hydrogen-bond donors (Lipinski definition) is 2. The summed E-state index contributed by atoms with van der Waals surface area (Å²) in [6.45, 7) is 3.70. The van der Waals surface area contributed by atoms with Crippen molar-refractivity contribution in [3.05, 3.63) is 59.9 Å². The number of nitrogens with one attached hydrogen (secondary N) is 2. The van der Waals surface area contributed by atoms with Gasteiger partial charge in [-0.25, -0.2) is 0 Å². The van der Waals surface area contributed by atoms with E-state index in [2.05, 4.69) is 25.5 Å². The summed E-state index contributed by atoms with van der Waals surface area (Å²) >= 11 is 1.37. The van der Waals surface area contributed by atoms with Gasteiger partial charge in [0.15, 0.2) is 5.17 Å². The summed E-state index contributed by atoms with van der Waals surface area (Å²) in [7, 11) is 0. The lowest BCUT2D eigenvalue weighted by Crippen LogP contribution is -2.33. The highest BCUT2D eigenvalue weighted by Crippen LogP contribution is 2.29. The first-order chi connectivity index (χ1) is 16.0. The van der Waals surface area contributed by atoms with E-state index < -0.39 is 5.25 Å². The molecule has 0 saturated carbocycles. The molecule has 3 heterocycles. The van der Waals surface area contributed by atoms with Crippen molar-refractivity contribution < 1.29 is 14.4 Å². The van der Waals surface area contributed by atoms with E-state index in [0.717, 1.165) is 36.7 Å². The van der Waals surface area contributed by atoms with Crippen molar-refractivity contribution in [2.75, 3.05) is 18.4 Å². The van der Waals surface area contributed by atoms with E-state index in [9.17, 15) is 14.4 Å². The van der Waals surface area contributed by atoms with Crippen LogP contribution in [-0.4, -0.2) is 51.1 Å². The molecular weight excluding hydrogens is 438 g/mol. The van der Waals surface area contributed by atoms with E-state index >= 15 is 0 Å². The number of anilines is 1. The molecule has 1 aromatic carbocycles. The first-order valence-electron chi connectivity index (χ1n) is 11.1. The van der Waals surface area contributed by atoms with Gasteiger partial charge in [-0.2, -0.15) is 4.99 Å². The van der Waals surface area contributed by atoms with Crippen molar-refractivity contribution in [3.63, 3.8) is 0 Å². The Morgan fingerprint density at radius 2 is 2.00 bits per heavy atom. The van der Waals surface area contributed by atoms with Crippen molar-refractivity contribution in [1.29, 1.82) is 0 Å². The van der Waals surface area contributed by atoms with Crippen LogP contribution in [-0.2, 0) is 9.59 Å². The van der Waals surface area contributed by atoms with Gasteiger partial charge in [-0.05, 0) is 56.0 Å². The Morgan fingerprint density at radius 3 is 2.76 bits per heavy atom. The van der Waals surface area contributed by atoms with Crippen LogP contribution in [0.5, 0.6) is 0 Å². The third-order valence-corrected chi connectivity index (χ3v) is 6.88. The number of likely N-dealkylation sites (tertiary alicyclic amines) is 1. The maximum atomic E-state index is 12.7. The van der Waals surface area contributed by atoms with Gasteiger partial charge in [-0.1, -0.05) is 23.9 Å². The minimum atomic E-state index is -0.506. The molecule has 0 radical (unpaired) electrons. The molecule has 8 nitrogen and oxygen atoms in total. The molecule has 2 aromatic rings. The number of carbonyl (C=O) groups excluding carboxylic acids is 3. The second kappa shape index (κ2) is 10.6. The van der Waals surface area contributed by atoms with Gasteiger partial charge in [-0.15, -0.1) is 0 Å². The molecule has 0 spiro atoms. The summed E-state index contributed by atoms with van der Waals surface area (Å²) in [6, 6.07) is 10.3. The minimum Gasteiger partial charge on any atom is -0.351 e. The molecule has 1 aromatic heterocycles. The predicted molar refractivity (Wildman–Crippen MR) is 129 cm³/mol. The summed E-state index contributed by atoms with van der Waals surface area (Å²) in [6.07, 6.45) is 6.84. The van der Waals surface area contributed by atoms with Crippen molar-refractivity contribution in [2.24, 2.45) is 4.99 Å². The third kappa shape index (κ3) is 5.98. The van der Waals surface area contributed by atoms with Gasteiger partial charge in [0.25, 0.3) is 11.8 Å². The van der Waals surface area contributed by atoms with Crippen molar-refractivity contribution >= 4 is 40.3 Å². The summed E-state index contributed by atoms with van der Waals surface area (Å²) in [4.78, 5) is 47.9. The van der Waals surface area contributed by atoms with Gasteiger partial charge >= 0.3 is 0 Å². The zero-order valence-electron chi connectivity index (χ0n) is 18.5. The van der Waals surface area contributed by atoms with Crippen molar-refractivity contribution in [2.45, 2.75) is 43.9 Å². The monoisotopic (exact) mass is 465 g/mol. The Bertz CT molecular complexity index is 1050. The van der Waals surface area contributed by atoms with E-state index in [1.807, 2.05) is 19.1 Å². The van der Waals surface area contributed by atoms with Crippen LogP contribution in [0.1, 0.15) is 54.6 Å². The van der Waals surface area contributed by atoms with Gasteiger partial charge < -0.3 is 15.5 Å². The van der Waals surface area contributed by atoms with Crippen LogP contribution < -0.4 is 10.6 Å². The molecule has 2 unspecified atom stereocenters. The molecule has 0 aliphatic carbocycles. The number of amides is 3. The number of amidine groups is 1. The topological polar surface area (TPSA) is 104 Å². The van der Waals surface area contributed by atoms with Gasteiger partial charge in [0.1, 0.15) is 5.25 Å². The molecule has 172 valence electrons. The SMILES string of the molecule is CC(NC(=O)c1cccc(NC(=O)CC2SC(N3CCCCC3)=NC2=O)c1)c1cccnc1. The summed E-state index contributed by atoms with van der Waals surface area (Å²) in [5.74, 6) is -0.783. The van der Waals surface area contributed by atoms with Crippen molar-refractivity contribution in [1.82, 2.24) is 15.2 Å². The van der Waals surface area contributed by atoms with Crippen LogP contribution in [0.25, 0.3) is 0 Å². The van der Waals surface area contributed by atoms with Gasteiger partial charge in [0, 0.05) is 43.2 Å². The van der Waals surface area contributed by atoms with E-state index in [1.54, 1.807) is 36.7 Å². The normalized spacial score (nSPS) is 19.1. The summed E-state index contributed by atoms with van der Waals surface area (Å²) in [5.41, 5.74) is 1.85. The Labute approximate surface area is 197 Å². The fourth-order valence-electron chi connectivity index (χ4n) is 3.84. The molecule has 9 heteroatoms. The average molecular weight is 466 g/mol. The van der Waals surface area contributed by atoms with E-state index in [-0.39, 0.29) is 30.2 Å². The number of piperidine rings is 1. The first-order valence-corrected chi connectivity index (χ1v) is 12.0. The van der Waals surface area contributed by atoms with E-state index in [0.29, 0.717) is 11.3 Å². The number of pyridine rings is 1. The molecule has 2 aliphatic heterocycles. The quantitative estimate of drug-likeness (QED) is 0.678. The van der Waals surface area contributed by atoms with Crippen LogP contribution >= 0.6 is 11.8 Å². The van der Waals surface area contributed by atoms with Crippen LogP contribution in [0.15, 0.2) is 53.8 Å². The number of nitrogens with zero attached hydrogens (tertiary/aromatic N) is 3. The molecule has 2 atom stereocenters. The van der Waals surface area contributed by atoms with Crippen LogP contribution in [0.3, 0.4) is 0 Å². The van der Waals surface area contributed by atoms with Crippen LogP contribution in [0.2, 0.25) is 0 Å². The minimum absolute atomic E-state index is 0.0405. The Kier molecular flexibility index (Phi) is 7.39. The molecule has 33 heavy (non-hydrogen) atoms. The number of hydrogen-bond acceptors (Lipinski definition) is 6. The van der Waals surface area contributed by atoms with E-state index in [1.165, 1.54) is 18.2 Å². The molecule has 4 rings (SSSR count). The average Bonchev–Trinajstić information content (AvgIpc) is 3.20. The highest BCUT2D eigenvalue weighted by Gasteiger charge is 2.33. The lowest BCUT2D eigenvalue weighted by atomic mass is 10.1. The zero-order chi connectivity index (χ0) is 23.2. The second-order valence-electron chi connectivity index (χ2n) is 8.20. The maximum absolute atomic E-state index is 12.7. The number of rotatable bonds is 6. The molecule has 1 saturated heterocycles. The Hall–Kier alpha value is -3.20. The summed E-state index contributed by atoms with van der Waals surface area (Å²) in [5, 5.41) is 5.97. The lowest BCUT2D eigenvalue weighted by Gasteiger charge is -2.27. The molecule has 0 bridgehead atoms. The van der Waals surface area contributed by atoms with Crippen LogP contribution in [0, 0.1) is 0 Å². The highest BCUT2D eigenvalue weighted by molar-refractivity contribution is 8.15. The number of aromatic nitrogens is 1. The highest BCUT2D eigenvalue weighted by atomic mass is 32.2. The fraction of sp³-hybridized carbons (Fsp3) is 0.375. The molecule has 2 aliphatic rings. The predicted octanol–water partition coefficient (Wildman–Crippen LogP) is 3.39. The Balaban J connectivity index is 1.31. The lowest BCUT2D eigenvalue weighted by molar-refractivity contribution is -0.121. The fourth-order valence-corrected chi connectivity index (χ4v) is 4.96. The Morgan fingerprint density at radius 1 is 1.18 bits per heavy atom. The van der Waals surface area contributed by atoms with Crippen molar-refractivity contribution in [3.8, 4) is 0 Å². The number of aliphatic imine (C=N–C) groups is 1. The largest absolute Gasteiger partial charge is 0.351 e. The maximum Gasteiger partial charge on any atom is 0.262 e. The molecule has 2 N–H and O–H groups in total. The zero-order valence-corrected chi connectivity index (χ0v) is 19.3.